The van der Waals surface area contributed by atoms with Crippen LogP contribution in [0.15, 0.2) is 118 Å². The van der Waals surface area contributed by atoms with Gasteiger partial charge in [-0.25, -0.2) is 0 Å². The molecule has 0 aliphatic heterocycles. The number of aryl methyl sites for hydroxylation is 1. The summed E-state index contributed by atoms with van der Waals surface area (Å²) in [6.07, 6.45) is 0. The Hall–Kier alpha value is -4.40. The van der Waals surface area contributed by atoms with Gasteiger partial charge in [0, 0.05) is 21.9 Å². The average Bonchev–Trinajstić information content (AvgIpc) is 3.13. The summed E-state index contributed by atoms with van der Waals surface area (Å²) in [5.41, 5.74) is 7.56. The monoisotopic (exact) mass is 560 g/mol. The van der Waals surface area contributed by atoms with E-state index in [1.165, 1.54) is 5.56 Å². The van der Waals surface area contributed by atoms with Crippen molar-refractivity contribution in [2.45, 2.75) is 33.1 Å². The molecule has 0 N–H and O–H groups in total. The Labute approximate surface area is 241 Å². The Morgan fingerprint density at radius 3 is 1.88 bits per heavy atom. The second-order valence-electron chi connectivity index (χ2n) is 11.2. The highest BCUT2D eigenvalue weighted by Crippen LogP contribution is 2.47. The molecule has 0 radical (unpaired) electrons. The minimum Gasteiger partial charge on any atom is -0.493 e. The van der Waals surface area contributed by atoms with Gasteiger partial charge in [0.25, 0.3) is 0 Å². The predicted octanol–water partition coefficient (Wildman–Crippen LogP) is 11.1. The molecular weight excluding hydrogens is 527 g/mol. The van der Waals surface area contributed by atoms with E-state index in [0.29, 0.717) is 17.1 Å². The minimum atomic E-state index is -1.92. The van der Waals surface area contributed by atoms with E-state index in [9.17, 15) is 0 Å². The summed E-state index contributed by atoms with van der Waals surface area (Å²) in [6, 6.07) is 37.2. The maximum atomic E-state index is 6.84. The van der Waals surface area contributed by atoms with Crippen LogP contribution >= 0.6 is 8.24 Å². The van der Waals surface area contributed by atoms with E-state index >= 15 is 0 Å². The molecule has 1 atom stereocenters. The first-order chi connectivity index (χ1) is 19.8. The van der Waals surface area contributed by atoms with Gasteiger partial charge in [-0.1, -0.05) is 112 Å². The Morgan fingerprint density at radius 1 is 0.659 bits per heavy atom. The number of ether oxygens (including phenoxy) is 1. The van der Waals surface area contributed by atoms with Crippen molar-refractivity contribution in [2.24, 2.45) is 0 Å². The van der Waals surface area contributed by atoms with E-state index in [1.54, 1.807) is 7.11 Å². The van der Waals surface area contributed by atoms with Crippen molar-refractivity contribution in [1.29, 1.82) is 0 Å². The molecule has 0 saturated carbocycles. The standard InChI is InChI=1S/C36H33O4P/c1-24-21-31-30-20-19-27(36(2,3)4)23-32(30)38-41(40-35(31)33(22-24)37-5)39-34-28(25-13-8-6-9-14-25)17-12-18-29(34)26-15-10-7-11-16-26/h6-23H,1-5H3. The van der Waals surface area contributed by atoms with Gasteiger partial charge in [-0.15, -0.1) is 0 Å². The summed E-state index contributed by atoms with van der Waals surface area (Å²) in [6.45, 7) is 8.65. The van der Waals surface area contributed by atoms with Crippen LogP contribution in [0, 0.1) is 6.92 Å². The number of methoxy groups -OCH3 is 1. The normalized spacial score (nSPS) is 12.0. The van der Waals surface area contributed by atoms with Crippen molar-refractivity contribution in [3.05, 3.63) is 120 Å². The highest BCUT2D eigenvalue weighted by molar-refractivity contribution is 7.32. The molecular formula is C36H33O4P. The lowest BCUT2D eigenvalue weighted by Crippen LogP contribution is -2.10. The number of para-hydroxylation sites is 1. The number of rotatable bonds is 5. The molecule has 5 heteroatoms. The Kier molecular flexibility index (Phi) is 7.11. The van der Waals surface area contributed by atoms with Crippen LogP contribution in [0.4, 0.5) is 0 Å². The molecule has 6 aromatic rings. The van der Waals surface area contributed by atoms with Gasteiger partial charge in [0.1, 0.15) is 5.58 Å². The van der Waals surface area contributed by atoms with E-state index in [4.69, 9.17) is 17.7 Å². The maximum absolute atomic E-state index is 6.84. The Morgan fingerprint density at radius 2 is 1.29 bits per heavy atom. The molecule has 4 nitrogen and oxygen atoms in total. The predicted molar refractivity (Wildman–Crippen MR) is 170 cm³/mol. The lowest BCUT2D eigenvalue weighted by Gasteiger charge is -2.18. The van der Waals surface area contributed by atoms with Gasteiger partial charge in [0.05, 0.1) is 7.11 Å². The van der Waals surface area contributed by atoms with Crippen LogP contribution in [-0.2, 0) is 5.41 Å². The van der Waals surface area contributed by atoms with Gasteiger partial charge in [-0.05, 0) is 52.8 Å². The van der Waals surface area contributed by atoms with E-state index in [2.05, 4.69) is 94.4 Å². The van der Waals surface area contributed by atoms with Crippen LogP contribution in [0.25, 0.3) is 44.2 Å². The largest absolute Gasteiger partial charge is 0.493 e. The SMILES string of the molecule is COc1cc(C)cc2c1op(Oc1c(-c3ccccc3)cccc1-c1ccccc1)oc1cc(C(C)(C)C)ccc12. The van der Waals surface area contributed by atoms with Crippen molar-refractivity contribution in [1.82, 2.24) is 0 Å². The first-order valence-electron chi connectivity index (χ1n) is 13.7. The summed E-state index contributed by atoms with van der Waals surface area (Å²) in [7, 11) is -0.259. The molecule has 1 unspecified atom stereocenters. The quantitative estimate of drug-likeness (QED) is 0.210. The minimum absolute atomic E-state index is 0.0529. The Balaban J connectivity index is 1.66. The van der Waals surface area contributed by atoms with Crippen molar-refractivity contribution in [2.75, 3.05) is 7.11 Å². The fraction of sp³-hybridized carbons (Fsp3) is 0.167. The Bertz CT molecular complexity index is 1830. The van der Waals surface area contributed by atoms with Crippen LogP contribution in [-0.4, -0.2) is 7.11 Å². The lowest BCUT2D eigenvalue weighted by molar-refractivity contribution is 0.410. The third-order valence-corrected chi connectivity index (χ3v) is 8.26. The van der Waals surface area contributed by atoms with Crippen molar-refractivity contribution in [3.8, 4) is 33.8 Å². The summed E-state index contributed by atoms with van der Waals surface area (Å²) < 4.78 is 25.9. The second kappa shape index (κ2) is 10.9. The fourth-order valence-corrected chi connectivity index (χ4v) is 6.19. The zero-order valence-electron chi connectivity index (χ0n) is 24.0. The molecule has 0 aliphatic rings. The molecule has 0 amide bonds. The molecule has 5 aromatic carbocycles. The third-order valence-electron chi connectivity index (χ3n) is 7.25. The number of hydrogen-bond donors (Lipinski definition) is 0. The molecule has 0 fully saturated rings. The zero-order valence-corrected chi connectivity index (χ0v) is 24.9. The average molecular weight is 561 g/mol. The smallest absolute Gasteiger partial charge is 0.453 e. The fourth-order valence-electron chi connectivity index (χ4n) is 5.08. The zero-order chi connectivity index (χ0) is 28.6. The van der Waals surface area contributed by atoms with Crippen LogP contribution in [0.3, 0.4) is 0 Å². The first kappa shape index (κ1) is 26.8. The number of hydrogen-bond acceptors (Lipinski definition) is 4. The number of fused-ring (bicyclic) bond motifs is 3. The van der Waals surface area contributed by atoms with Gasteiger partial charge in [0.15, 0.2) is 17.1 Å². The topological polar surface area (TPSA) is 44.7 Å². The molecule has 0 spiro atoms. The highest BCUT2D eigenvalue weighted by atomic mass is 31.1. The van der Waals surface area contributed by atoms with Crippen LogP contribution < -0.4 is 9.26 Å². The van der Waals surface area contributed by atoms with Crippen molar-refractivity contribution >= 4 is 30.2 Å². The van der Waals surface area contributed by atoms with Crippen molar-refractivity contribution < 1.29 is 17.7 Å². The summed E-state index contributed by atoms with van der Waals surface area (Å²) in [5, 5.41) is 1.87. The molecule has 6 rings (SSSR count). The molecule has 206 valence electrons. The lowest BCUT2D eigenvalue weighted by atomic mass is 9.86. The second-order valence-corrected chi connectivity index (χ2v) is 12.2. The number of benzene rings is 5. The summed E-state index contributed by atoms with van der Waals surface area (Å²) in [5.74, 6) is 1.35. The molecule has 0 saturated heterocycles. The highest BCUT2D eigenvalue weighted by Gasteiger charge is 2.20. The maximum Gasteiger partial charge on any atom is 0.453 e. The molecule has 0 aliphatic carbocycles. The van der Waals surface area contributed by atoms with Crippen LogP contribution in [0.5, 0.6) is 11.5 Å². The molecule has 1 heterocycles. The third kappa shape index (κ3) is 5.36. The van der Waals surface area contributed by atoms with Gasteiger partial charge >= 0.3 is 8.24 Å². The van der Waals surface area contributed by atoms with E-state index < -0.39 is 8.24 Å². The molecule has 0 bridgehead atoms. The first-order valence-corrected chi connectivity index (χ1v) is 14.8. The van der Waals surface area contributed by atoms with E-state index in [-0.39, 0.29) is 5.41 Å². The summed E-state index contributed by atoms with van der Waals surface area (Å²) in [4.78, 5) is 0. The van der Waals surface area contributed by atoms with E-state index in [0.717, 1.165) is 44.2 Å². The van der Waals surface area contributed by atoms with Gasteiger partial charge in [-0.2, -0.15) is 0 Å². The van der Waals surface area contributed by atoms with Gasteiger partial charge in [-0.3, -0.25) is 0 Å². The van der Waals surface area contributed by atoms with Crippen LogP contribution in [0.2, 0.25) is 0 Å². The van der Waals surface area contributed by atoms with Crippen molar-refractivity contribution in [3.63, 3.8) is 0 Å². The van der Waals surface area contributed by atoms with E-state index in [1.807, 2.05) is 42.5 Å². The van der Waals surface area contributed by atoms with Gasteiger partial charge in [0.2, 0.25) is 0 Å². The molecule has 1 aromatic heterocycles. The summed E-state index contributed by atoms with van der Waals surface area (Å²) >= 11 is 0. The van der Waals surface area contributed by atoms with Crippen LogP contribution in [0.1, 0.15) is 31.9 Å². The van der Waals surface area contributed by atoms with Gasteiger partial charge < -0.3 is 17.7 Å². The molecule has 41 heavy (non-hydrogen) atoms.